The minimum Gasteiger partial charge on any atom is -0.256 e. The predicted molar refractivity (Wildman–Crippen MR) is 51.1 cm³/mol. The fourth-order valence-corrected chi connectivity index (χ4v) is 1.49. The van der Waals surface area contributed by atoms with Crippen molar-refractivity contribution in [1.82, 2.24) is 4.98 Å². The molecule has 0 aliphatic heterocycles. The minimum absolute atomic E-state index is 1.02. The zero-order valence-electron chi connectivity index (χ0n) is 5.99. The van der Waals surface area contributed by atoms with Crippen molar-refractivity contribution in [2.45, 2.75) is 0 Å². The first-order valence-electron chi connectivity index (χ1n) is 3.47. The standard InChI is InChI=1S/C9H8NP/c11-9-8-4-2-1-3-7(8)5-6-10-9/h1-6H,11H2. The maximum Gasteiger partial charge on any atom is 0.0646 e. The van der Waals surface area contributed by atoms with E-state index in [1.165, 1.54) is 10.8 Å². The number of rotatable bonds is 0. The largest absolute Gasteiger partial charge is 0.256 e. The van der Waals surface area contributed by atoms with Crippen molar-refractivity contribution in [3.05, 3.63) is 36.5 Å². The molecule has 1 heterocycles. The molecule has 1 aromatic heterocycles. The summed E-state index contributed by atoms with van der Waals surface area (Å²) in [5.41, 5.74) is 1.02. The summed E-state index contributed by atoms with van der Waals surface area (Å²) in [7, 11) is 2.63. The van der Waals surface area contributed by atoms with Crippen molar-refractivity contribution in [2.75, 3.05) is 0 Å². The average Bonchev–Trinajstić information content (AvgIpc) is 2.06. The quantitative estimate of drug-likeness (QED) is 0.536. The summed E-state index contributed by atoms with van der Waals surface area (Å²) in [6.07, 6.45) is 1.82. The van der Waals surface area contributed by atoms with E-state index in [1.54, 1.807) is 0 Å². The van der Waals surface area contributed by atoms with Crippen LogP contribution in [0.4, 0.5) is 0 Å². The van der Waals surface area contributed by atoms with Crippen molar-refractivity contribution in [3.63, 3.8) is 0 Å². The van der Waals surface area contributed by atoms with E-state index in [2.05, 4.69) is 26.4 Å². The fraction of sp³-hybridized carbons (Fsp3) is 0. The van der Waals surface area contributed by atoms with Crippen molar-refractivity contribution in [1.29, 1.82) is 0 Å². The molecule has 1 atom stereocenters. The number of hydrogen-bond acceptors (Lipinski definition) is 1. The van der Waals surface area contributed by atoms with Crippen LogP contribution in [0.3, 0.4) is 0 Å². The Bertz CT molecular complexity index is 379. The molecule has 0 aliphatic carbocycles. The molecule has 54 valence electrons. The Kier molecular flexibility index (Phi) is 1.59. The summed E-state index contributed by atoms with van der Waals surface area (Å²) in [5, 5.41) is 2.45. The van der Waals surface area contributed by atoms with Crippen LogP contribution in [0.2, 0.25) is 0 Å². The molecule has 1 aromatic carbocycles. The van der Waals surface area contributed by atoms with Gasteiger partial charge in [-0.15, -0.1) is 0 Å². The van der Waals surface area contributed by atoms with Crippen LogP contribution in [0.5, 0.6) is 0 Å². The topological polar surface area (TPSA) is 12.9 Å². The molecule has 0 amide bonds. The molecular formula is C9H8NP. The Morgan fingerprint density at radius 3 is 2.73 bits per heavy atom. The van der Waals surface area contributed by atoms with Crippen LogP contribution in [0.1, 0.15) is 0 Å². The Balaban J connectivity index is 2.91. The second-order valence-electron chi connectivity index (χ2n) is 2.42. The van der Waals surface area contributed by atoms with E-state index in [0.717, 1.165) is 5.44 Å². The molecule has 2 rings (SSSR count). The van der Waals surface area contributed by atoms with Gasteiger partial charge >= 0.3 is 0 Å². The van der Waals surface area contributed by atoms with Crippen molar-refractivity contribution < 1.29 is 0 Å². The highest BCUT2D eigenvalue weighted by Gasteiger charge is 1.93. The van der Waals surface area contributed by atoms with Gasteiger partial charge in [-0.1, -0.05) is 33.5 Å². The number of hydrogen-bond donors (Lipinski definition) is 0. The van der Waals surface area contributed by atoms with Gasteiger partial charge in [0.05, 0.1) is 5.44 Å². The van der Waals surface area contributed by atoms with Crippen LogP contribution >= 0.6 is 9.24 Å². The molecule has 0 fully saturated rings. The lowest BCUT2D eigenvalue weighted by molar-refractivity contribution is 1.42. The predicted octanol–water partition coefficient (Wildman–Crippen LogP) is 1.74. The summed E-state index contributed by atoms with van der Waals surface area (Å²) >= 11 is 0. The third kappa shape index (κ3) is 1.12. The first-order valence-corrected chi connectivity index (χ1v) is 4.05. The van der Waals surface area contributed by atoms with Crippen LogP contribution in [-0.4, -0.2) is 4.98 Å². The molecule has 0 saturated heterocycles. The van der Waals surface area contributed by atoms with Gasteiger partial charge in [-0.05, 0) is 11.5 Å². The molecule has 2 aromatic rings. The molecule has 11 heavy (non-hydrogen) atoms. The molecule has 1 nitrogen and oxygen atoms in total. The molecule has 0 radical (unpaired) electrons. The van der Waals surface area contributed by atoms with Gasteiger partial charge in [0.25, 0.3) is 0 Å². The van der Waals surface area contributed by atoms with Gasteiger partial charge in [0.15, 0.2) is 0 Å². The van der Waals surface area contributed by atoms with E-state index in [4.69, 9.17) is 0 Å². The van der Waals surface area contributed by atoms with Gasteiger partial charge in [0.2, 0.25) is 0 Å². The summed E-state index contributed by atoms with van der Waals surface area (Å²) in [4.78, 5) is 4.17. The average molecular weight is 161 g/mol. The summed E-state index contributed by atoms with van der Waals surface area (Å²) in [6, 6.07) is 10.2. The number of pyridine rings is 1. The second-order valence-corrected chi connectivity index (χ2v) is 2.96. The van der Waals surface area contributed by atoms with Gasteiger partial charge in [0, 0.05) is 11.6 Å². The Morgan fingerprint density at radius 1 is 1.09 bits per heavy atom. The number of nitrogens with zero attached hydrogens (tertiary/aromatic N) is 1. The van der Waals surface area contributed by atoms with Gasteiger partial charge in [-0.2, -0.15) is 0 Å². The number of aromatic nitrogens is 1. The summed E-state index contributed by atoms with van der Waals surface area (Å²) in [6.45, 7) is 0. The Morgan fingerprint density at radius 2 is 1.91 bits per heavy atom. The van der Waals surface area contributed by atoms with Crippen molar-refractivity contribution in [2.24, 2.45) is 0 Å². The summed E-state index contributed by atoms with van der Waals surface area (Å²) < 4.78 is 0. The monoisotopic (exact) mass is 161 g/mol. The van der Waals surface area contributed by atoms with E-state index >= 15 is 0 Å². The minimum atomic E-state index is 1.02. The van der Waals surface area contributed by atoms with Gasteiger partial charge < -0.3 is 0 Å². The molecule has 0 aliphatic rings. The van der Waals surface area contributed by atoms with Gasteiger partial charge in [-0.25, -0.2) is 0 Å². The van der Waals surface area contributed by atoms with Crippen molar-refractivity contribution in [3.8, 4) is 0 Å². The molecule has 2 heteroatoms. The lowest BCUT2D eigenvalue weighted by atomic mass is 10.2. The van der Waals surface area contributed by atoms with E-state index in [0.29, 0.717) is 0 Å². The normalized spacial score (nSPS) is 10.3. The zero-order valence-corrected chi connectivity index (χ0v) is 7.14. The molecule has 0 N–H and O–H groups in total. The maximum atomic E-state index is 4.17. The van der Waals surface area contributed by atoms with E-state index < -0.39 is 0 Å². The molecule has 0 saturated carbocycles. The third-order valence-corrected chi connectivity index (χ3v) is 2.16. The lowest BCUT2D eigenvalue weighted by Gasteiger charge is -1.97. The third-order valence-electron chi connectivity index (χ3n) is 1.70. The molecule has 0 spiro atoms. The SMILES string of the molecule is Pc1nccc2ccccc12. The highest BCUT2D eigenvalue weighted by molar-refractivity contribution is 7.27. The van der Waals surface area contributed by atoms with Crippen LogP contribution in [0.15, 0.2) is 36.5 Å². The Hall–Kier alpha value is -0.940. The fourth-order valence-electron chi connectivity index (χ4n) is 1.14. The van der Waals surface area contributed by atoms with Crippen LogP contribution < -0.4 is 5.44 Å². The highest BCUT2D eigenvalue weighted by Crippen LogP contribution is 2.10. The maximum absolute atomic E-state index is 4.17. The molecule has 0 bridgehead atoms. The summed E-state index contributed by atoms with van der Waals surface area (Å²) in [5.74, 6) is 0. The smallest absolute Gasteiger partial charge is 0.0646 e. The van der Waals surface area contributed by atoms with Gasteiger partial charge in [-0.3, -0.25) is 4.98 Å². The first kappa shape index (κ1) is 6.75. The lowest BCUT2D eigenvalue weighted by Crippen LogP contribution is -1.96. The van der Waals surface area contributed by atoms with Gasteiger partial charge in [0.1, 0.15) is 0 Å². The number of fused-ring (bicyclic) bond motifs is 1. The highest BCUT2D eigenvalue weighted by atomic mass is 31.0. The van der Waals surface area contributed by atoms with Crippen molar-refractivity contribution >= 4 is 25.4 Å². The van der Waals surface area contributed by atoms with E-state index in [-0.39, 0.29) is 0 Å². The first-order chi connectivity index (χ1) is 5.38. The van der Waals surface area contributed by atoms with Crippen LogP contribution in [-0.2, 0) is 0 Å². The Labute approximate surface area is 67.7 Å². The second kappa shape index (κ2) is 2.60. The van der Waals surface area contributed by atoms with Crippen LogP contribution in [0, 0.1) is 0 Å². The number of benzene rings is 1. The zero-order chi connectivity index (χ0) is 7.68. The molecular weight excluding hydrogens is 153 g/mol. The molecule has 1 unspecified atom stereocenters. The van der Waals surface area contributed by atoms with Crippen LogP contribution in [0.25, 0.3) is 10.8 Å². The van der Waals surface area contributed by atoms with E-state index in [1.807, 2.05) is 24.4 Å². The van der Waals surface area contributed by atoms with E-state index in [9.17, 15) is 0 Å².